The highest BCUT2D eigenvalue weighted by Gasteiger charge is 2.29. The third kappa shape index (κ3) is 3.59. The van der Waals surface area contributed by atoms with Crippen molar-refractivity contribution in [2.24, 2.45) is 4.99 Å². The number of halogens is 1. The number of hydrogen-bond acceptors (Lipinski definition) is 5. The van der Waals surface area contributed by atoms with Gasteiger partial charge < -0.3 is 14.3 Å². The fourth-order valence-corrected chi connectivity index (χ4v) is 4.71. The van der Waals surface area contributed by atoms with Crippen LogP contribution in [0.3, 0.4) is 0 Å². The maximum Gasteiger partial charge on any atom is 0.272 e. The number of carbonyl (C=O) groups is 1. The van der Waals surface area contributed by atoms with E-state index in [4.69, 9.17) is 4.52 Å². The summed E-state index contributed by atoms with van der Waals surface area (Å²) in [5.41, 5.74) is 3.38. The number of likely N-dealkylation sites (tertiary alicyclic amines) is 1. The molecule has 4 heterocycles. The average Bonchev–Trinajstić information content (AvgIpc) is 3.17. The van der Waals surface area contributed by atoms with Crippen LogP contribution in [0.4, 0.5) is 4.39 Å². The Labute approximate surface area is 169 Å². The van der Waals surface area contributed by atoms with Crippen LogP contribution in [0.2, 0.25) is 0 Å². The Hall–Kier alpha value is -2.54. The van der Waals surface area contributed by atoms with Crippen LogP contribution in [0.1, 0.15) is 43.7 Å². The molecule has 0 radical (unpaired) electrons. The van der Waals surface area contributed by atoms with E-state index < -0.39 is 0 Å². The van der Waals surface area contributed by atoms with Gasteiger partial charge in [0, 0.05) is 43.2 Å². The Bertz CT molecular complexity index is 988. The molecule has 0 atom stereocenters. The van der Waals surface area contributed by atoms with Gasteiger partial charge >= 0.3 is 0 Å². The molecule has 0 N–H and O–H groups in total. The molecule has 0 bridgehead atoms. The van der Waals surface area contributed by atoms with Crippen molar-refractivity contribution in [3.05, 3.63) is 41.0 Å². The minimum atomic E-state index is -0.302. The molecule has 152 valence electrons. The summed E-state index contributed by atoms with van der Waals surface area (Å²) < 4.78 is 18.7. The summed E-state index contributed by atoms with van der Waals surface area (Å²) in [6.45, 7) is 4.38. The monoisotopic (exact) mass is 396 g/mol. The molecular formula is C22H25FN4O2. The van der Waals surface area contributed by atoms with Crippen LogP contribution in [-0.2, 0) is 4.79 Å². The number of aromatic nitrogens is 1. The molecule has 1 saturated heterocycles. The SMILES string of the molecule is O=C1C2=C(CCC=N2)CCN1CCN1CCC(c2noc3cc(F)ccc23)CC1. The lowest BCUT2D eigenvalue weighted by Gasteiger charge is -2.35. The summed E-state index contributed by atoms with van der Waals surface area (Å²) in [5, 5.41) is 5.14. The summed E-state index contributed by atoms with van der Waals surface area (Å²) in [4.78, 5) is 21.4. The molecule has 1 aromatic heterocycles. The Kier molecular flexibility index (Phi) is 4.91. The van der Waals surface area contributed by atoms with E-state index in [0.29, 0.717) is 17.2 Å². The first-order valence-corrected chi connectivity index (χ1v) is 10.5. The number of hydrogen-bond donors (Lipinski definition) is 0. The van der Waals surface area contributed by atoms with Crippen molar-refractivity contribution < 1.29 is 13.7 Å². The highest BCUT2D eigenvalue weighted by atomic mass is 19.1. The number of carbonyl (C=O) groups excluding carboxylic acids is 1. The first-order chi connectivity index (χ1) is 14.2. The normalized spacial score (nSPS) is 21.3. The fourth-order valence-electron chi connectivity index (χ4n) is 4.71. The standard InChI is InChI=1S/C22H25FN4O2/c23-17-3-4-18-19(14-17)29-25-20(18)16-5-9-26(10-6-16)12-13-27-11-7-15-2-1-8-24-21(15)22(27)28/h3-4,8,14,16H,1-2,5-7,9-13H2. The van der Waals surface area contributed by atoms with Gasteiger partial charge in [0.2, 0.25) is 0 Å². The van der Waals surface area contributed by atoms with Crippen molar-refractivity contribution in [1.29, 1.82) is 0 Å². The van der Waals surface area contributed by atoms with Gasteiger partial charge in [-0.25, -0.2) is 4.39 Å². The van der Waals surface area contributed by atoms with Gasteiger partial charge in [-0.2, -0.15) is 0 Å². The molecule has 7 heteroatoms. The maximum atomic E-state index is 13.4. The molecule has 0 aliphatic carbocycles. The number of benzene rings is 1. The van der Waals surface area contributed by atoms with Crippen LogP contribution in [0.5, 0.6) is 0 Å². The van der Waals surface area contributed by atoms with Gasteiger partial charge in [-0.3, -0.25) is 9.79 Å². The van der Waals surface area contributed by atoms with Crippen molar-refractivity contribution in [2.75, 3.05) is 32.7 Å². The first kappa shape index (κ1) is 18.5. The summed E-state index contributed by atoms with van der Waals surface area (Å²) >= 11 is 0. The van der Waals surface area contributed by atoms with Crippen molar-refractivity contribution in [2.45, 2.75) is 38.0 Å². The van der Waals surface area contributed by atoms with E-state index in [1.54, 1.807) is 6.07 Å². The largest absolute Gasteiger partial charge is 0.356 e. The second-order valence-electron chi connectivity index (χ2n) is 8.17. The van der Waals surface area contributed by atoms with Crippen LogP contribution in [0.25, 0.3) is 11.0 Å². The van der Waals surface area contributed by atoms with Gasteiger partial charge in [-0.05, 0) is 62.9 Å². The molecule has 1 aromatic carbocycles. The predicted octanol–water partition coefficient (Wildman–Crippen LogP) is 3.50. The van der Waals surface area contributed by atoms with Gasteiger partial charge in [-0.15, -0.1) is 0 Å². The second-order valence-corrected chi connectivity index (χ2v) is 8.17. The second kappa shape index (κ2) is 7.71. The predicted molar refractivity (Wildman–Crippen MR) is 108 cm³/mol. The van der Waals surface area contributed by atoms with Gasteiger partial charge in [0.25, 0.3) is 5.91 Å². The minimum absolute atomic E-state index is 0.0957. The molecule has 2 aromatic rings. The molecule has 0 spiro atoms. The molecule has 1 amide bonds. The third-order valence-electron chi connectivity index (χ3n) is 6.43. The quantitative estimate of drug-likeness (QED) is 0.794. The Balaban J connectivity index is 1.16. The summed E-state index contributed by atoms with van der Waals surface area (Å²) in [5.74, 6) is 0.126. The third-order valence-corrected chi connectivity index (χ3v) is 6.43. The van der Waals surface area contributed by atoms with Crippen LogP contribution in [-0.4, -0.2) is 59.8 Å². The molecule has 6 nitrogen and oxygen atoms in total. The Morgan fingerprint density at radius 2 is 2.00 bits per heavy atom. The van der Waals surface area contributed by atoms with E-state index in [-0.39, 0.29) is 11.7 Å². The van der Waals surface area contributed by atoms with Gasteiger partial charge in [0.05, 0.1) is 5.69 Å². The van der Waals surface area contributed by atoms with Gasteiger partial charge in [0.1, 0.15) is 11.5 Å². The van der Waals surface area contributed by atoms with E-state index in [1.807, 2.05) is 11.1 Å². The number of piperidine rings is 1. The molecular weight excluding hydrogens is 371 g/mol. The molecule has 0 unspecified atom stereocenters. The fraction of sp³-hybridized carbons (Fsp3) is 0.500. The molecule has 29 heavy (non-hydrogen) atoms. The van der Waals surface area contributed by atoms with Crippen molar-refractivity contribution >= 4 is 23.1 Å². The number of nitrogens with zero attached hydrogens (tertiary/aromatic N) is 4. The summed E-state index contributed by atoms with van der Waals surface area (Å²) in [6, 6.07) is 4.63. The molecule has 1 fully saturated rings. The topological polar surface area (TPSA) is 61.9 Å². The van der Waals surface area contributed by atoms with E-state index in [0.717, 1.165) is 75.9 Å². The zero-order valence-electron chi connectivity index (χ0n) is 16.4. The molecule has 5 rings (SSSR count). The zero-order chi connectivity index (χ0) is 19.8. The van der Waals surface area contributed by atoms with E-state index >= 15 is 0 Å². The highest BCUT2D eigenvalue weighted by Crippen LogP contribution is 2.33. The average molecular weight is 396 g/mol. The lowest BCUT2D eigenvalue weighted by molar-refractivity contribution is -0.128. The van der Waals surface area contributed by atoms with Crippen LogP contribution in [0.15, 0.2) is 39.0 Å². The number of amides is 1. The zero-order valence-corrected chi connectivity index (χ0v) is 16.4. The van der Waals surface area contributed by atoms with Gasteiger partial charge in [0.15, 0.2) is 5.58 Å². The van der Waals surface area contributed by atoms with Crippen molar-refractivity contribution in [3.63, 3.8) is 0 Å². The molecule has 3 aliphatic heterocycles. The molecule has 3 aliphatic rings. The summed E-state index contributed by atoms with van der Waals surface area (Å²) in [7, 11) is 0. The van der Waals surface area contributed by atoms with Gasteiger partial charge in [-0.1, -0.05) is 5.16 Å². The van der Waals surface area contributed by atoms with E-state index in [2.05, 4.69) is 15.0 Å². The van der Waals surface area contributed by atoms with Crippen molar-refractivity contribution in [1.82, 2.24) is 15.0 Å². The Morgan fingerprint density at radius 3 is 2.86 bits per heavy atom. The van der Waals surface area contributed by atoms with Crippen LogP contribution < -0.4 is 0 Å². The van der Waals surface area contributed by atoms with Crippen LogP contribution >= 0.6 is 0 Å². The Morgan fingerprint density at radius 1 is 1.14 bits per heavy atom. The maximum absolute atomic E-state index is 13.4. The van der Waals surface area contributed by atoms with E-state index in [1.165, 1.54) is 17.7 Å². The lowest BCUT2D eigenvalue weighted by atomic mass is 9.91. The number of rotatable bonds is 4. The first-order valence-electron chi connectivity index (χ1n) is 10.5. The molecule has 0 saturated carbocycles. The minimum Gasteiger partial charge on any atom is -0.356 e. The van der Waals surface area contributed by atoms with E-state index in [9.17, 15) is 9.18 Å². The highest BCUT2D eigenvalue weighted by molar-refractivity contribution is 5.96. The van der Waals surface area contributed by atoms with Crippen molar-refractivity contribution in [3.8, 4) is 0 Å². The van der Waals surface area contributed by atoms with Crippen LogP contribution in [0, 0.1) is 5.82 Å². The number of aliphatic imine (C=N–C) groups is 1. The summed E-state index contributed by atoms with van der Waals surface area (Å²) in [6.07, 6.45) is 6.75. The lowest BCUT2D eigenvalue weighted by Crippen LogP contribution is -2.44. The number of fused-ring (bicyclic) bond motifs is 1. The smallest absolute Gasteiger partial charge is 0.272 e.